The lowest BCUT2D eigenvalue weighted by molar-refractivity contribution is 0.153. The van der Waals surface area contributed by atoms with Gasteiger partial charge in [0.05, 0.1) is 5.69 Å². The molecule has 0 radical (unpaired) electrons. The Morgan fingerprint density at radius 1 is 1.35 bits per heavy atom. The van der Waals surface area contributed by atoms with Crippen molar-refractivity contribution in [1.82, 2.24) is 15.2 Å². The number of hydrogen-bond acceptors (Lipinski definition) is 3. The molecule has 3 rings (SSSR count). The van der Waals surface area contributed by atoms with E-state index in [4.69, 9.17) is 0 Å². The van der Waals surface area contributed by atoms with Crippen molar-refractivity contribution < 1.29 is 0 Å². The van der Waals surface area contributed by atoms with Crippen molar-refractivity contribution in [3.8, 4) is 0 Å². The number of rotatable bonds is 3. The molecule has 2 fully saturated rings. The third-order valence-electron chi connectivity index (χ3n) is 5.04. The van der Waals surface area contributed by atoms with Crippen LogP contribution in [-0.2, 0) is 6.54 Å². The summed E-state index contributed by atoms with van der Waals surface area (Å²) in [5.41, 5.74) is 2.62. The maximum absolute atomic E-state index is 4.68. The highest BCUT2D eigenvalue weighted by Crippen LogP contribution is 2.41. The van der Waals surface area contributed by atoms with Crippen LogP contribution >= 0.6 is 0 Å². The number of nitrogens with one attached hydrogen (secondary N) is 1. The summed E-state index contributed by atoms with van der Waals surface area (Å²) in [6, 6.07) is 6.99. The quantitative estimate of drug-likeness (QED) is 0.918. The van der Waals surface area contributed by atoms with Gasteiger partial charge in [0, 0.05) is 30.4 Å². The smallest absolute Gasteiger partial charge is 0.0547 e. The molecular formula is C17H27N3. The summed E-state index contributed by atoms with van der Waals surface area (Å²) in [7, 11) is 0. The second-order valence-corrected chi connectivity index (χ2v) is 6.93. The number of aryl methyl sites for hydroxylation is 1. The van der Waals surface area contributed by atoms with Crippen molar-refractivity contribution in [2.24, 2.45) is 5.92 Å². The van der Waals surface area contributed by atoms with E-state index in [1.54, 1.807) is 0 Å². The van der Waals surface area contributed by atoms with E-state index in [-0.39, 0.29) is 0 Å². The number of hydrogen-bond donors (Lipinski definition) is 1. The highest BCUT2D eigenvalue weighted by atomic mass is 15.2. The molecule has 0 amide bonds. The van der Waals surface area contributed by atoms with Gasteiger partial charge in [-0.1, -0.05) is 6.07 Å². The van der Waals surface area contributed by atoms with E-state index in [1.807, 2.05) is 0 Å². The molecule has 2 heterocycles. The van der Waals surface area contributed by atoms with Gasteiger partial charge in [0.2, 0.25) is 0 Å². The molecule has 2 aliphatic rings. The van der Waals surface area contributed by atoms with Crippen LogP contribution in [0.3, 0.4) is 0 Å². The lowest BCUT2D eigenvalue weighted by Gasteiger charge is -2.35. The largest absolute Gasteiger partial charge is 0.310 e. The zero-order valence-electron chi connectivity index (χ0n) is 13.0. The third kappa shape index (κ3) is 3.04. The predicted octanol–water partition coefficient (Wildman–Crippen LogP) is 2.74. The van der Waals surface area contributed by atoms with Gasteiger partial charge in [-0.15, -0.1) is 0 Å². The number of pyridine rings is 1. The highest BCUT2D eigenvalue weighted by molar-refractivity contribution is 5.11. The van der Waals surface area contributed by atoms with Crippen molar-refractivity contribution in [2.45, 2.75) is 58.2 Å². The van der Waals surface area contributed by atoms with Gasteiger partial charge >= 0.3 is 0 Å². The molecule has 0 bridgehead atoms. The summed E-state index contributed by atoms with van der Waals surface area (Å²) in [6.45, 7) is 10.1. The molecule has 1 aromatic heterocycles. The summed E-state index contributed by atoms with van der Waals surface area (Å²) in [4.78, 5) is 7.30. The van der Waals surface area contributed by atoms with Crippen LogP contribution in [0.15, 0.2) is 18.2 Å². The van der Waals surface area contributed by atoms with Gasteiger partial charge in [-0.2, -0.15) is 0 Å². The van der Waals surface area contributed by atoms with Crippen molar-refractivity contribution in [1.29, 1.82) is 0 Å². The summed E-state index contributed by atoms with van der Waals surface area (Å²) >= 11 is 0. The Labute approximate surface area is 122 Å². The first kappa shape index (κ1) is 14.0. The summed E-state index contributed by atoms with van der Waals surface area (Å²) in [5, 5.41) is 3.82. The van der Waals surface area contributed by atoms with Crippen molar-refractivity contribution in [3.05, 3.63) is 29.6 Å². The van der Waals surface area contributed by atoms with Gasteiger partial charge < -0.3 is 5.32 Å². The molecule has 3 nitrogen and oxygen atoms in total. The molecule has 0 spiro atoms. The zero-order chi connectivity index (χ0) is 14.2. The number of aromatic nitrogens is 1. The van der Waals surface area contributed by atoms with Gasteiger partial charge in [-0.3, -0.25) is 9.88 Å². The molecule has 0 aromatic carbocycles. The van der Waals surface area contributed by atoms with Crippen molar-refractivity contribution in [2.75, 3.05) is 13.1 Å². The van der Waals surface area contributed by atoms with Gasteiger partial charge in [-0.05, 0) is 64.6 Å². The minimum absolute atomic E-state index is 0.300. The van der Waals surface area contributed by atoms with Crippen LogP contribution in [0, 0.1) is 12.8 Å². The van der Waals surface area contributed by atoms with Crippen molar-refractivity contribution in [3.63, 3.8) is 0 Å². The third-order valence-corrected chi connectivity index (χ3v) is 5.04. The van der Waals surface area contributed by atoms with E-state index in [0.29, 0.717) is 11.6 Å². The van der Waals surface area contributed by atoms with Gasteiger partial charge in [0.1, 0.15) is 0 Å². The van der Waals surface area contributed by atoms with Crippen molar-refractivity contribution >= 4 is 0 Å². The molecule has 1 aliphatic carbocycles. The lowest BCUT2D eigenvalue weighted by atomic mass is 9.95. The second kappa shape index (κ2) is 5.45. The first-order valence-corrected chi connectivity index (χ1v) is 7.98. The molecule has 1 saturated carbocycles. The van der Waals surface area contributed by atoms with Crippen LogP contribution in [0.5, 0.6) is 0 Å². The van der Waals surface area contributed by atoms with Crippen LogP contribution in [0.25, 0.3) is 0 Å². The monoisotopic (exact) mass is 273 g/mol. The Hall–Kier alpha value is -0.930. The molecule has 110 valence electrons. The standard InChI is InChI=1S/C17H27N3/c1-13-5-4-6-16(19-13)11-20-12-17(3,15-7-8-15)18-10-9-14(20)2/h4-6,14-15,18H,7-12H2,1-3H3. The lowest BCUT2D eigenvalue weighted by Crippen LogP contribution is -2.51. The van der Waals surface area contributed by atoms with Crippen LogP contribution in [0.1, 0.15) is 44.5 Å². The Bertz CT molecular complexity index is 469. The van der Waals surface area contributed by atoms with E-state index >= 15 is 0 Å². The minimum atomic E-state index is 0.300. The van der Waals surface area contributed by atoms with Crippen LogP contribution in [-0.4, -0.2) is 34.6 Å². The number of nitrogens with zero attached hydrogens (tertiary/aromatic N) is 2. The van der Waals surface area contributed by atoms with Crippen LogP contribution < -0.4 is 5.32 Å². The van der Waals surface area contributed by atoms with Crippen LogP contribution in [0.4, 0.5) is 0 Å². The molecular weight excluding hydrogens is 246 g/mol. The molecule has 1 aromatic rings. The van der Waals surface area contributed by atoms with E-state index in [1.165, 1.54) is 25.0 Å². The van der Waals surface area contributed by atoms with Crippen LogP contribution in [0.2, 0.25) is 0 Å². The molecule has 1 saturated heterocycles. The molecule has 2 atom stereocenters. The SMILES string of the molecule is Cc1cccc(CN2CC(C)(C3CC3)NCCC2C)n1. The maximum Gasteiger partial charge on any atom is 0.0547 e. The molecule has 2 unspecified atom stereocenters. The fourth-order valence-electron chi connectivity index (χ4n) is 3.48. The van der Waals surface area contributed by atoms with E-state index < -0.39 is 0 Å². The zero-order valence-corrected chi connectivity index (χ0v) is 13.0. The average Bonchev–Trinajstić information content (AvgIpc) is 3.21. The predicted molar refractivity (Wildman–Crippen MR) is 82.6 cm³/mol. The summed E-state index contributed by atoms with van der Waals surface area (Å²) in [5.74, 6) is 0.876. The topological polar surface area (TPSA) is 28.2 Å². The first-order valence-electron chi connectivity index (χ1n) is 7.98. The summed E-state index contributed by atoms with van der Waals surface area (Å²) < 4.78 is 0. The van der Waals surface area contributed by atoms with Gasteiger partial charge in [-0.25, -0.2) is 0 Å². The molecule has 20 heavy (non-hydrogen) atoms. The molecule has 1 aliphatic heterocycles. The minimum Gasteiger partial charge on any atom is -0.310 e. The fourth-order valence-corrected chi connectivity index (χ4v) is 3.48. The van der Waals surface area contributed by atoms with Gasteiger partial charge in [0.25, 0.3) is 0 Å². The highest BCUT2D eigenvalue weighted by Gasteiger charge is 2.43. The second-order valence-electron chi connectivity index (χ2n) is 6.93. The Balaban J connectivity index is 1.75. The van der Waals surface area contributed by atoms with E-state index in [2.05, 4.69) is 54.2 Å². The average molecular weight is 273 g/mol. The maximum atomic E-state index is 4.68. The summed E-state index contributed by atoms with van der Waals surface area (Å²) in [6.07, 6.45) is 4.02. The Morgan fingerprint density at radius 3 is 2.85 bits per heavy atom. The Morgan fingerprint density at radius 2 is 2.15 bits per heavy atom. The Kier molecular flexibility index (Phi) is 3.83. The van der Waals surface area contributed by atoms with Gasteiger partial charge in [0.15, 0.2) is 0 Å². The first-order chi connectivity index (χ1) is 9.57. The van der Waals surface area contributed by atoms with E-state index in [0.717, 1.165) is 31.2 Å². The fraction of sp³-hybridized carbons (Fsp3) is 0.706. The normalized spacial score (nSPS) is 32.0. The van der Waals surface area contributed by atoms with E-state index in [9.17, 15) is 0 Å². The molecule has 3 heteroatoms. The molecule has 1 N–H and O–H groups in total.